The third-order valence-electron chi connectivity index (χ3n) is 11.9. The zero-order valence-electron chi connectivity index (χ0n) is 47.7. The fraction of sp³-hybridized carbons (Fsp3) is 0.641. The number of phosphoric ester groups is 1. The molecular weight excluding hydrogens is 976 g/mol. The molecule has 0 aromatic rings. The van der Waals surface area contributed by atoms with Crippen molar-refractivity contribution < 1.29 is 52.2 Å². The van der Waals surface area contributed by atoms with Crippen LogP contribution in [0.1, 0.15) is 226 Å². The van der Waals surface area contributed by atoms with Gasteiger partial charge >= 0.3 is 25.7 Å². The molecule has 0 aromatic heterocycles. The molecule has 2 N–H and O–H groups in total. The van der Waals surface area contributed by atoms with Crippen LogP contribution < -0.4 is 0 Å². The minimum Gasteiger partial charge on any atom is -0.462 e. The molecule has 76 heavy (non-hydrogen) atoms. The summed E-state index contributed by atoms with van der Waals surface area (Å²) in [5, 5.41) is 9.83. The number of rotatable bonds is 53. The molecule has 0 aromatic carbocycles. The summed E-state index contributed by atoms with van der Waals surface area (Å²) >= 11 is 0. The van der Waals surface area contributed by atoms with Crippen LogP contribution in [0.3, 0.4) is 0 Å². The molecule has 0 aliphatic carbocycles. The van der Waals surface area contributed by atoms with Crippen LogP contribution in [0.25, 0.3) is 0 Å². The number of carbonyl (C=O) groups excluding carboxylic acids is 3. The number of phosphoric acid groups is 1. The number of allylic oxidation sites excluding steroid dienone is 20. The number of hydrogen-bond donors (Lipinski definition) is 2. The van der Waals surface area contributed by atoms with Crippen molar-refractivity contribution in [3.05, 3.63) is 122 Å². The minimum absolute atomic E-state index is 0.0371. The maximum Gasteiger partial charge on any atom is 0.472 e. The van der Waals surface area contributed by atoms with Crippen molar-refractivity contribution in [2.45, 2.75) is 238 Å². The second-order valence-electron chi connectivity index (χ2n) is 19.0. The van der Waals surface area contributed by atoms with E-state index in [4.69, 9.17) is 23.3 Å². The van der Waals surface area contributed by atoms with E-state index in [2.05, 4.69) is 130 Å². The van der Waals surface area contributed by atoms with Crippen LogP contribution in [0.4, 0.5) is 0 Å². The van der Waals surface area contributed by atoms with Crippen molar-refractivity contribution >= 4 is 25.7 Å². The summed E-state index contributed by atoms with van der Waals surface area (Å²) in [5.74, 6) is -1.59. The van der Waals surface area contributed by atoms with E-state index in [0.29, 0.717) is 25.7 Å². The summed E-state index contributed by atoms with van der Waals surface area (Å²) in [7, 11) is -4.78. The van der Waals surface area contributed by atoms with Crippen LogP contribution in [-0.2, 0) is 42.2 Å². The van der Waals surface area contributed by atoms with Crippen molar-refractivity contribution in [1.29, 1.82) is 0 Å². The van der Waals surface area contributed by atoms with E-state index in [9.17, 15) is 28.9 Å². The number of esters is 3. The quantitative estimate of drug-likeness (QED) is 0.0197. The van der Waals surface area contributed by atoms with Gasteiger partial charge in [0, 0.05) is 19.3 Å². The van der Waals surface area contributed by atoms with Gasteiger partial charge in [0.2, 0.25) is 0 Å². The van der Waals surface area contributed by atoms with Crippen molar-refractivity contribution in [1.82, 2.24) is 0 Å². The van der Waals surface area contributed by atoms with Crippen LogP contribution in [0.15, 0.2) is 122 Å². The number of ether oxygens (including phenoxy) is 3. The van der Waals surface area contributed by atoms with Crippen molar-refractivity contribution in [3.8, 4) is 0 Å². The van der Waals surface area contributed by atoms with E-state index in [-0.39, 0.29) is 25.9 Å². The first-order valence-electron chi connectivity index (χ1n) is 29.4. The van der Waals surface area contributed by atoms with Gasteiger partial charge in [0.1, 0.15) is 12.7 Å². The molecule has 432 valence electrons. The van der Waals surface area contributed by atoms with E-state index in [1.807, 2.05) is 12.2 Å². The molecule has 0 amide bonds. The number of aliphatic hydroxyl groups excluding tert-OH is 1. The van der Waals surface area contributed by atoms with Crippen LogP contribution in [-0.4, -0.2) is 66.5 Å². The first kappa shape index (κ1) is 71.9. The van der Waals surface area contributed by atoms with Gasteiger partial charge < -0.3 is 24.2 Å². The third kappa shape index (κ3) is 54.7. The molecule has 3 unspecified atom stereocenters. The standard InChI is InChI=1S/C64H105O11P/c1-4-7-10-13-16-19-22-24-26-28-30-32-34-36-39-42-45-48-51-54-63(67)74-60(56-65)58-72-76(69,70)73-59-61(57-71-62(66)53-50-47-44-41-38-21-18-15-12-9-6-3)75-64(68)55-52-49-46-43-40-37-35-33-31-29-27-25-23-20-17-14-11-8-5-2/h7-8,10-11,16-17,19-20,24-27,30-33,37,40,46,49,60-61,65H,4-6,9,12-15,18,21-23,28-29,34-36,38-39,41-45,47-48,50-59H2,1-3H3,(H,69,70)/b10-7-,11-8-,19-16-,20-17-,26-24-,27-25-,32-30-,33-31-,40-37-,49-46-. The van der Waals surface area contributed by atoms with Crippen LogP contribution in [0.5, 0.6) is 0 Å². The Morgan fingerprint density at radius 3 is 1.13 bits per heavy atom. The molecule has 0 heterocycles. The minimum atomic E-state index is -4.78. The van der Waals surface area contributed by atoms with Gasteiger partial charge in [-0.2, -0.15) is 0 Å². The monoisotopic (exact) mass is 1080 g/mol. The maximum atomic E-state index is 12.9. The molecule has 0 spiro atoms. The Kier molecular flexibility index (Phi) is 54.0. The lowest BCUT2D eigenvalue weighted by atomic mass is 10.1. The molecular formula is C64H105O11P. The summed E-state index contributed by atoms with van der Waals surface area (Å²) in [5.41, 5.74) is 0. The first-order chi connectivity index (χ1) is 37.2. The van der Waals surface area contributed by atoms with Gasteiger partial charge in [0.15, 0.2) is 6.10 Å². The van der Waals surface area contributed by atoms with Crippen LogP contribution in [0.2, 0.25) is 0 Å². The largest absolute Gasteiger partial charge is 0.472 e. The Morgan fingerprint density at radius 2 is 0.711 bits per heavy atom. The molecule has 0 saturated heterocycles. The SMILES string of the molecule is CC/C=C\C/C=C\C/C=C\C/C=C\C/C=C\C/C=C\CCC(=O)OC(COC(=O)CCCCCCCCCCCCC)COP(=O)(O)OCC(CO)OC(=O)CCCCCCCC/C=C\C/C=C\C/C=C\C/C=C\CC. The number of unbranched alkanes of at least 4 members (excludes halogenated alkanes) is 16. The number of carbonyl (C=O) groups is 3. The van der Waals surface area contributed by atoms with Gasteiger partial charge in [-0.15, -0.1) is 0 Å². The third-order valence-corrected chi connectivity index (χ3v) is 12.8. The summed E-state index contributed by atoms with van der Waals surface area (Å²) in [6.45, 7) is 4.30. The summed E-state index contributed by atoms with van der Waals surface area (Å²) in [4.78, 5) is 48.5. The van der Waals surface area contributed by atoms with Gasteiger partial charge in [-0.05, 0) is 96.3 Å². The first-order valence-corrected chi connectivity index (χ1v) is 30.9. The lowest BCUT2D eigenvalue weighted by Crippen LogP contribution is -2.30. The number of hydrogen-bond acceptors (Lipinski definition) is 10. The van der Waals surface area contributed by atoms with Crippen molar-refractivity contribution in [3.63, 3.8) is 0 Å². The average molecular weight is 1080 g/mol. The lowest BCUT2D eigenvalue weighted by Gasteiger charge is -2.21. The Morgan fingerprint density at radius 1 is 0.382 bits per heavy atom. The Labute approximate surface area is 462 Å². The van der Waals surface area contributed by atoms with E-state index in [1.54, 1.807) is 0 Å². The molecule has 12 heteroatoms. The fourth-order valence-electron chi connectivity index (χ4n) is 7.49. The summed E-state index contributed by atoms with van der Waals surface area (Å²) < 4.78 is 39.4. The van der Waals surface area contributed by atoms with E-state index in [0.717, 1.165) is 116 Å². The molecule has 0 fully saturated rings. The highest BCUT2D eigenvalue weighted by atomic mass is 31.2. The Balaban J connectivity index is 4.78. The molecule has 3 atom stereocenters. The van der Waals surface area contributed by atoms with E-state index in [1.165, 1.54) is 44.9 Å². The predicted molar refractivity (Wildman–Crippen MR) is 316 cm³/mol. The van der Waals surface area contributed by atoms with Gasteiger partial charge in [-0.25, -0.2) is 4.57 Å². The number of aliphatic hydroxyl groups is 1. The predicted octanol–water partition coefficient (Wildman–Crippen LogP) is 17.6. The van der Waals surface area contributed by atoms with Gasteiger partial charge in [-0.1, -0.05) is 232 Å². The van der Waals surface area contributed by atoms with Gasteiger partial charge in [0.05, 0.1) is 19.8 Å². The second kappa shape index (κ2) is 57.1. The zero-order valence-corrected chi connectivity index (χ0v) is 48.6. The zero-order chi connectivity index (χ0) is 55.5. The Bertz CT molecular complexity index is 1740. The van der Waals surface area contributed by atoms with E-state index < -0.39 is 57.8 Å². The normalized spacial score (nSPS) is 14.2. The maximum absolute atomic E-state index is 12.9. The van der Waals surface area contributed by atoms with E-state index >= 15 is 0 Å². The lowest BCUT2D eigenvalue weighted by molar-refractivity contribution is -0.161. The molecule has 0 bridgehead atoms. The molecule has 11 nitrogen and oxygen atoms in total. The van der Waals surface area contributed by atoms with Gasteiger partial charge in [0.25, 0.3) is 0 Å². The summed E-state index contributed by atoms with van der Waals surface area (Å²) in [6.07, 6.45) is 70.3. The summed E-state index contributed by atoms with van der Waals surface area (Å²) in [6, 6.07) is 0. The molecule has 0 aliphatic heterocycles. The molecule has 0 aliphatic rings. The highest BCUT2D eigenvalue weighted by Crippen LogP contribution is 2.43. The topological polar surface area (TPSA) is 155 Å². The highest BCUT2D eigenvalue weighted by molar-refractivity contribution is 7.47. The van der Waals surface area contributed by atoms with Crippen molar-refractivity contribution in [2.75, 3.05) is 26.4 Å². The highest BCUT2D eigenvalue weighted by Gasteiger charge is 2.28. The fourth-order valence-corrected chi connectivity index (χ4v) is 8.27. The smallest absolute Gasteiger partial charge is 0.462 e. The van der Waals surface area contributed by atoms with Crippen LogP contribution >= 0.6 is 7.82 Å². The van der Waals surface area contributed by atoms with Crippen LogP contribution in [0, 0.1) is 0 Å². The molecule has 0 radical (unpaired) electrons. The second-order valence-corrected chi connectivity index (χ2v) is 20.5. The van der Waals surface area contributed by atoms with Gasteiger partial charge in [-0.3, -0.25) is 23.4 Å². The molecule has 0 saturated carbocycles. The van der Waals surface area contributed by atoms with Crippen molar-refractivity contribution in [2.24, 2.45) is 0 Å². The molecule has 0 rings (SSSR count). The Hall–Kier alpha value is -4.12. The average Bonchev–Trinajstić information content (AvgIpc) is 3.41.